The molecule has 1 fully saturated rings. The molecule has 0 amide bonds. The summed E-state index contributed by atoms with van der Waals surface area (Å²) in [5.74, 6) is -0.602. The van der Waals surface area contributed by atoms with Crippen molar-refractivity contribution in [3.8, 4) is 17.1 Å². The number of nitrogens with zero attached hydrogens (tertiary/aromatic N) is 1. The van der Waals surface area contributed by atoms with Crippen molar-refractivity contribution in [3.05, 3.63) is 41.2 Å². The number of fused-ring (bicyclic) bond motifs is 1. The predicted molar refractivity (Wildman–Crippen MR) is 137 cm³/mol. The Labute approximate surface area is 217 Å². The van der Waals surface area contributed by atoms with Crippen molar-refractivity contribution >= 4 is 17.3 Å². The van der Waals surface area contributed by atoms with E-state index in [-0.39, 0.29) is 60.8 Å². The van der Waals surface area contributed by atoms with E-state index in [0.717, 1.165) is 36.5 Å². The molecular formula is C29H37NO7. The molecule has 2 aromatic rings. The van der Waals surface area contributed by atoms with E-state index in [1.165, 1.54) is 25.8 Å². The summed E-state index contributed by atoms with van der Waals surface area (Å²) >= 11 is 0. The van der Waals surface area contributed by atoms with Crippen molar-refractivity contribution in [2.45, 2.75) is 58.4 Å². The van der Waals surface area contributed by atoms with Gasteiger partial charge in [0.15, 0.2) is 5.78 Å². The number of furan rings is 1. The number of likely N-dealkylation sites (tertiary alicyclic amines) is 1. The van der Waals surface area contributed by atoms with Gasteiger partial charge in [0.2, 0.25) is 0 Å². The smallest absolute Gasteiger partial charge is 0.167 e. The second kappa shape index (κ2) is 12.2. The number of ketones is 3. The summed E-state index contributed by atoms with van der Waals surface area (Å²) in [6.07, 6.45) is 3.55. The number of aliphatic hydroxyl groups is 2. The molecule has 8 heteroatoms. The van der Waals surface area contributed by atoms with Crippen LogP contribution in [0.2, 0.25) is 0 Å². The molecule has 200 valence electrons. The quantitative estimate of drug-likeness (QED) is 0.369. The van der Waals surface area contributed by atoms with Crippen LogP contribution in [0.4, 0.5) is 0 Å². The van der Waals surface area contributed by atoms with E-state index < -0.39 is 12.5 Å². The lowest BCUT2D eigenvalue weighted by Crippen LogP contribution is -2.32. The maximum absolute atomic E-state index is 13.2. The molecule has 0 spiro atoms. The van der Waals surface area contributed by atoms with Crippen molar-refractivity contribution in [2.24, 2.45) is 17.8 Å². The van der Waals surface area contributed by atoms with E-state index in [0.29, 0.717) is 24.2 Å². The lowest BCUT2D eigenvalue weighted by atomic mass is 9.72. The molecule has 0 saturated carbocycles. The predicted octanol–water partition coefficient (Wildman–Crippen LogP) is 3.54. The Balaban J connectivity index is 1.58. The summed E-state index contributed by atoms with van der Waals surface area (Å²) < 4.78 is 6.17. The van der Waals surface area contributed by atoms with Gasteiger partial charge < -0.3 is 19.7 Å². The van der Waals surface area contributed by atoms with Gasteiger partial charge in [0.25, 0.3) is 0 Å². The maximum Gasteiger partial charge on any atom is 0.167 e. The Hall–Kier alpha value is -2.81. The summed E-state index contributed by atoms with van der Waals surface area (Å²) in [5, 5.41) is 30.1. The summed E-state index contributed by atoms with van der Waals surface area (Å²) in [6, 6.07) is 7.17. The number of aromatic hydroxyl groups is 1. The Morgan fingerprint density at radius 1 is 1.11 bits per heavy atom. The molecule has 8 nitrogen and oxygen atoms in total. The molecule has 3 N–H and O–H groups in total. The first kappa shape index (κ1) is 27.2. The minimum Gasteiger partial charge on any atom is -0.507 e. The molecule has 37 heavy (non-hydrogen) atoms. The number of aliphatic hydroxyl groups excluding tert-OH is 2. The molecule has 3 unspecified atom stereocenters. The molecule has 0 radical (unpaired) electrons. The van der Waals surface area contributed by atoms with E-state index in [4.69, 9.17) is 4.42 Å². The summed E-state index contributed by atoms with van der Waals surface area (Å²) in [7, 11) is 0. The van der Waals surface area contributed by atoms with Gasteiger partial charge >= 0.3 is 0 Å². The largest absolute Gasteiger partial charge is 0.507 e. The zero-order chi connectivity index (χ0) is 26.5. The number of hydrogen-bond donors (Lipinski definition) is 3. The number of hydrogen-bond acceptors (Lipinski definition) is 8. The molecule has 1 aromatic heterocycles. The molecule has 1 aliphatic carbocycles. The number of rotatable bonds is 12. The average molecular weight is 512 g/mol. The standard InChI is InChI=1S/C29H37NO7/c1-18(33)12-26(35)24(17-32)20(8-11-31)13-19-14-23-22(5-6-25(34)29(23)27(36)15-19)28-7-4-21(37-28)16-30-9-2-3-10-30/h4-7,19-20,24,31-32,34H,2-3,8-17H2,1H3. The van der Waals surface area contributed by atoms with Crippen LogP contribution in [0.5, 0.6) is 5.75 Å². The number of carbonyl (C=O) groups is 3. The van der Waals surface area contributed by atoms with Crippen LogP contribution in [0.15, 0.2) is 28.7 Å². The summed E-state index contributed by atoms with van der Waals surface area (Å²) in [6.45, 7) is 3.61. The van der Waals surface area contributed by atoms with Crippen LogP contribution >= 0.6 is 0 Å². The fourth-order valence-corrected chi connectivity index (χ4v) is 6.02. The van der Waals surface area contributed by atoms with E-state index in [9.17, 15) is 29.7 Å². The molecule has 2 aliphatic rings. The highest BCUT2D eigenvalue weighted by Gasteiger charge is 2.35. The number of phenols is 1. The van der Waals surface area contributed by atoms with Gasteiger partial charge in [0.05, 0.1) is 25.1 Å². The van der Waals surface area contributed by atoms with Crippen molar-refractivity contribution in [1.82, 2.24) is 4.90 Å². The van der Waals surface area contributed by atoms with E-state index in [1.807, 2.05) is 12.1 Å². The highest BCUT2D eigenvalue weighted by atomic mass is 16.3. The second-order valence-corrected chi connectivity index (χ2v) is 10.6. The van der Waals surface area contributed by atoms with Gasteiger partial charge in [-0.05, 0) is 93.8 Å². The van der Waals surface area contributed by atoms with Crippen molar-refractivity contribution in [2.75, 3.05) is 26.3 Å². The third kappa shape index (κ3) is 6.37. The van der Waals surface area contributed by atoms with Crippen molar-refractivity contribution in [3.63, 3.8) is 0 Å². The maximum atomic E-state index is 13.2. The second-order valence-electron chi connectivity index (χ2n) is 10.6. The Morgan fingerprint density at radius 3 is 2.54 bits per heavy atom. The van der Waals surface area contributed by atoms with Gasteiger partial charge in [-0.1, -0.05) is 0 Å². The Kier molecular flexibility index (Phi) is 8.95. The molecule has 0 bridgehead atoms. The molecule has 2 heterocycles. The van der Waals surface area contributed by atoms with Gasteiger partial charge in [-0.3, -0.25) is 19.3 Å². The van der Waals surface area contributed by atoms with Crippen LogP contribution in [-0.2, 0) is 22.6 Å². The van der Waals surface area contributed by atoms with Gasteiger partial charge in [-0.25, -0.2) is 0 Å². The number of carbonyl (C=O) groups excluding carboxylic acids is 3. The SMILES string of the molecule is CC(=O)CC(=O)C(CO)C(CCO)CC1CC(=O)c2c(O)ccc(-c3ccc(CN4CCCC4)o3)c2C1. The third-order valence-electron chi connectivity index (χ3n) is 7.78. The first-order valence-electron chi connectivity index (χ1n) is 13.2. The van der Waals surface area contributed by atoms with Gasteiger partial charge in [0.1, 0.15) is 28.8 Å². The zero-order valence-corrected chi connectivity index (χ0v) is 21.4. The van der Waals surface area contributed by atoms with E-state index in [2.05, 4.69) is 4.90 Å². The topological polar surface area (TPSA) is 128 Å². The van der Waals surface area contributed by atoms with Crippen LogP contribution in [0.3, 0.4) is 0 Å². The summed E-state index contributed by atoms with van der Waals surface area (Å²) in [5.41, 5.74) is 1.81. The van der Waals surface area contributed by atoms with Crippen molar-refractivity contribution < 1.29 is 34.1 Å². The lowest BCUT2D eigenvalue weighted by molar-refractivity contribution is -0.131. The number of Topliss-reactive ketones (excluding diaryl/α,β-unsaturated/α-hetero) is 3. The first-order chi connectivity index (χ1) is 17.8. The molecule has 1 aromatic carbocycles. The van der Waals surface area contributed by atoms with Crippen LogP contribution in [0, 0.1) is 17.8 Å². The number of benzene rings is 1. The minimum absolute atomic E-state index is 0.0529. The van der Waals surface area contributed by atoms with Crippen LogP contribution < -0.4 is 0 Å². The highest BCUT2D eigenvalue weighted by Crippen LogP contribution is 2.41. The first-order valence-corrected chi connectivity index (χ1v) is 13.2. The average Bonchev–Trinajstić information content (AvgIpc) is 3.52. The number of phenolic OH excluding ortho intramolecular Hbond substituents is 1. The normalized spacial score (nSPS) is 19.5. The Bertz CT molecular complexity index is 1130. The molecule has 1 aliphatic heterocycles. The zero-order valence-electron chi connectivity index (χ0n) is 21.4. The van der Waals surface area contributed by atoms with Gasteiger partial charge in [0, 0.05) is 24.5 Å². The summed E-state index contributed by atoms with van der Waals surface area (Å²) in [4.78, 5) is 39.7. The fourth-order valence-electron chi connectivity index (χ4n) is 6.02. The van der Waals surface area contributed by atoms with E-state index >= 15 is 0 Å². The van der Waals surface area contributed by atoms with Crippen molar-refractivity contribution in [1.29, 1.82) is 0 Å². The molecule has 4 rings (SSSR count). The molecular weight excluding hydrogens is 474 g/mol. The fraction of sp³-hybridized carbons (Fsp3) is 0.552. The highest BCUT2D eigenvalue weighted by molar-refractivity contribution is 6.03. The van der Waals surface area contributed by atoms with Crippen LogP contribution in [0.1, 0.15) is 67.1 Å². The van der Waals surface area contributed by atoms with Crippen LogP contribution in [0.25, 0.3) is 11.3 Å². The van der Waals surface area contributed by atoms with Crippen LogP contribution in [-0.4, -0.2) is 63.9 Å². The molecule has 3 atom stereocenters. The third-order valence-corrected chi connectivity index (χ3v) is 7.78. The molecule has 1 saturated heterocycles. The van der Waals surface area contributed by atoms with E-state index in [1.54, 1.807) is 6.07 Å². The van der Waals surface area contributed by atoms with Gasteiger partial charge in [-0.15, -0.1) is 0 Å². The van der Waals surface area contributed by atoms with Gasteiger partial charge in [-0.2, -0.15) is 0 Å². The monoisotopic (exact) mass is 511 g/mol. The Morgan fingerprint density at radius 2 is 1.86 bits per heavy atom. The minimum atomic E-state index is -0.769. The lowest BCUT2D eigenvalue weighted by Gasteiger charge is -2.31.